The van der Waals surface area contributed by atoms with Gasteiger partial charge in [-0.2, -0.15) is 4.57 Å². The third-order valence-electron chi connectivity index (χ3n) is 7.94. The number of aliphatic hydroxyl groups is 4. The highest BCUT2D eigenvalue weighted by molar-refractivity contribution is 7.60. The molecule has 2 aliphatic rings. The first-order valence-electron chi connectivity index (χ1n) is 14.8. The summed E-state index contributed by atoms with van der Waals surface area (Å²) in [6.45, 7) is -1.95. The standard InChI is InChI=1S/C27H30ClN7O14P2/c28-14-5-3-12(4-6-14)24-33-17-22(29)31-11-32-25(17)35(24)27-21(39)19(37)16(48-27)10-46-51(43,44)49-50(41,42)45-9-15-18(36)20(38)26(47-15)34-7-1-2-13(8-34)23(30)40/h1-8,11,15-16,18-21,26-27,36-39H,9-10H2,(H5-,29,30,31,32,40,41,42,43,44)/t15-,16-,18-,19-,20-,21-,26-,27-/m1/s1. The molecule has 1 aromatic carbocycles. The average Bonchev–Trinajstić information content (AvgIpc) is 3.70. The smallest absolute Gasteiger partial charge is 0.478 e. The Bertz CT molecular complexity index is 2030. The van der Waals surface area contributed by atoms with Gasteiger partial charge in [0, 0.05) is 16.7 Å². The van der Waals surface area contributed by atoms with Crippen molar-refractivity contribution in [3.8, 4) is 11.4 Å². The Hall–Kier alpha value is -3.50. The van der Waals surface area contributed by atoms with Crippen LogP contribution in [0.1, 0.15) is 22.8 Å². The van der Waals surface area contributed by atoms with Crippen molar-refractivity contribution in [3.05, 3.63) is 65.7 Å². The second-order valence-corrected chi connectivity index (χ2v) is 14.8. The number of rotatable bonds is 12. The van der Waals surface area contributed by atoms with Gasteiger partial charge in [-0.25, -0.2) is 23.8 Å². The maximum atomic E-state index is 12.6. The summed E-state index contributed by atoms with van der Waals surface area (Å²) >= 11 is 6.02. The van der Waals surface area contributed by atoms with Crippen LogP contribution in [0.4, 0.5) is 5.82 Å². The number of halogens is 1. The summed E-state index contributed by atoms with van der Waals surface area (Å²) in [4.78, 5) is 46.7. The molecule has 4 aromatic rings. The van der Waals surface area contributed by atoms with Crippen LogP contribution in [0.3, 0.4) is 0 Å². The van der Waals surface area contributed by atoms with E-state index in [0.29, 0.717) is 10.6 Å². The first kappa shape index (κ1) is 37.3. The van der Waals surface area contributed by atoms with Gasteiger partial charge in [0.2, 0.25) is 0 Å². The number of aliphatic hydroxyl groups excluding tert-OH is 4. The zero-order valence-corrected chi connectivity index (χ0v) is 28.3. The van der Waals surface area contributed by atoms with Gasteiger partial charge in [-0.1, -0.05) is 11.6 Å². The summed E-state index contributed by atoms with van der Waals surface area (Å²) in [7, 11) is -11.2. The minimum Gasteiger partial charge on any atom is -0.756 e. The molecule has 21 nitrogen and oxygen atoms in total. The largest absolute Gasteiger partial charge is 0.756 e. The lowest BCUT2D eigenvalue weighted by molar-refractivity contribution is -0.765. The van der Waals surface area contributed by atoms with E-state index in [0.717, 1.165) is 6.33 Å². The normalized spacial score (nSPS) is 28.8. The number of hydrogen-bond acceptors (Lipinski definition) is 17. The molecule has 6 rings (SSSR count). The Kier molecular flexibility index (Phi) is 10.6. The predicted octanol–water partition coefficient (Wildman–Crippen LogP) is -1.33. The second kappa shape index (κ2) is 14.5. The molecule has 10 atom stereocenters. The topological polar surface area (TPSA) is 321 Å². The number of nitrogens with zero attached hydrogens (tertiary/aromatic N) is 5. The number of amides is 1. The van der Waals surface area contributed by atoms with Crippen molar-refractivity contribution in [1.29, 1.82) is 0 Å². The molecule has 0 radical (unpaired) electrons. The lowest BCUT2D eigenvalue weighted by Gasteiger charge is -2.26. The number of ether oxygens (including phenoxy) is 2. The fraction of sp³-hybridized carbons (Fsp3) is 0.370. The summed E-state index contributed by atoms with van der Waals surface area (Å²) in [6.07, 6.45) is -8.71. The molecule has 2 saturated heterocycles. The van der Waals surface area contributed by atoms with Crippen LogP contribution in [0.5, 0.6) is 0 Å². The molecule has 9 N–H and O–H groups in total. The van der Waals surface area contributed by atoms with Crippen molar-refractivity contribution in [2.45, 2.75) is 49.1 Å². The fourth-order valence-electron chi connectivity index (χ4n) is 5.47. The predicted molar refractivity (Wildman–Crippen MR) is 168 cm³/mol. The number of nitrogen functional groups attached to an aromatic ring is 1. The van der Waals surface area contributed by atoms with Gasteiger partial charge in [0.25, 0.3) is 20.0 Å². The van der Waals surface area contributed by atoms with Gasteiger partial charge in [0.05, 0.1) is 13.2 Å². The van der Waals surface area contributed by atoms with Gasteiger partial charge in [0.15, 0.2) is 41.7 Å². The number of phosphoric acid groups is 2. The van der Waals surface area contributed by atoms with Crippen LogP contribution in [-0.2, 0) is 32.0 Å². The molecular formula is C27H30ClN7O14P2. The minimum atomic E-state index is -5.67. The summed E-state index contributed by atoms with van der Waals surface area (Å²) in [6, 6.07) is 9.22. The Balaban J connectivity index is 1.10. The molecule has 0 spiro atoms. The lowest BCUT2D eigenvalue weighted by atomic mass is 10.1. The van der Waals surface area contributed by atoms with Crippen molar-refractivity contribution < 1.29 is 71.5 Å². The highest BCUT2D eigenvalue weighted by Gasteiger charge is 2.49. The van der Waals surface area contributed by atoms with Gasteiger partial charge < -0.3 is 55.7 Å². The number of primary amides is 1. The Morgan fingerprint density at radius 2 is 1.67 bits per heavy atom. The van der Waals surface area contributed by atoms with E-state index in [1.165, 1.54) is 33.7 Å². The lowest BCUT2D eigenvalue weighted by Crippen LogP contribution is -2.46. The zero-order valence-electron chi connectivity index (χ0n) is 25.8. The molecule has 0 aliphatic carbocycles. The molecule has 5 heterocycles. The molecule has 1 amide bonds. The van der Waals surface area contributed by atoms with Crippen molar-refractivity contribution in [2.75, 3.05) is 18.9 Å². The monoisotopic (exact) mass is 773 g/mol. The van der Waals surface area contributed by atoms with E-state index in [4.69, 9.17) is 37.1 Å². The highest BCUT2D eigenvalue weighted by Crippen LogP contribution is 2.58. The number of nitrogens with two attached hydrogens (primary N) is 2. The molecule has 3 aromatic heterocycles. The summed E-state index contributed by atoms with van der Waals surface area (Å²) in [5, 5.41) is 43.0. The molecule has 24 heteroatoms. The van der Waals surface area contributed by atoms with Crippen LogP contribution < -0.4 is 20.9 Å². The SMILES string of the molecule is NC(=O)c1ccc[n+]([C@@H]2O[C@H](COP(=O)([O-])OP(=O)(O)OC[C@H]3O[C@@H](n4c(-c5ccc(Cl)cc5)nc5c(N)ncnc54)[C@H](O)[C@@H]3O)[C@@H](O)[C@H]2O)c1. The Morgan fingerprint density at radius 1 is 1.00 bits per heavy atom. The van der Waals surface area contributed by atoms with Crippen LogP contribution in [0, 0.1) is 0 Å². The van der Waals surface area contributed by atoms with Crippen LogP contribution in [0.2, 0.25) is 5.02 Å². The number of fused-ring (bicyclic) bond motifs is 1. The summed E-state index contributed by atoms with van der Waals surface area (Å²) < 4.78 is 52.6. The van der Waals surface area contributed by atoms with Gasteiger partial charge in [-0.3, -0.25) is 18.5 Å². The van der Waals surface area contributed by atoms with Crippen molar-refractivity contribution >= 4 is 50.1 Å². The van der Waals surface area contributed by atoms with E-state index < -0.39 is 83.8 Å². The van der Waals surface area contributed by atoms with Gasteiger partial charge >= 0.3 is 7.82 Å². The molecule has 274 valence electrons. The molecule has 2 unspecified atom stereocenters. The van der Waals surface area contributed by atoms with E-state index >= 15 is 0 Å². The quantitative estimate of drug-likeness (QED) is 0.0648. The van der Waals surface area contributed by atoms with E-state index in [1.807, 2.05) is 0 Å². The van der Waals surface area contributed by atoms with E-state index in [1.54, 1.807) is 24.3 Å². The third-order valence-corrected chi connectivity index (χ3v) is 10.8. The second-order valence-electron chi connectivity index (χ2n) is 11.3. The average molecular weight is 774 g/mol. The minimum absolute atomic E-state index is 0.00314. The zero-order chi connectivity index (χ0) is 36.8. The molecule has 2 aliphatic heterocycles. The summed E-state index contributed by atoms with van der Waals surface area (Å²) in [5.41, 5.74) is 12.0. The molecule has 2 fully saturated rings. The van der Waals surface area contributed by atoms with Gasteiger partial charge in [-0.15, -0.1) is 0 Å². The van der Waals surface area contributed by atoms with E-state index in [9.17, 15) is 44.1 Å². The van der Waals surface area contributed by atoms with Crippen molar-refractivity contribution in [2.24, 2.45) is 5.73 Å². The number of hydrogen-bond donors (Lipinski definition) is 7. The number of pyridine rings is 1. The van der Waals surface area contributed by atoms with Crippen molar-refractivity contribution in [3.63, 3.8) is 0 Å². The number of carbonyl (C=O) groups excluding carboxylic acids is 1. The fourth-order valence-corrected chi connectivity index (χ4v) is 7.64. The molecule has 51 heavy (non-hydrogen) atoms. The molecule has 0 saturated carbocycles. The first-order valence-corrected chi connectivity index (χ1v) is 18.1. The Labute approximate surface area is 291 Å². The maximum absolute atomic E-state index is 12.6. The maximum Gasteiger partial charge on any atom is 0.478 e. The van der Waals surface area contributed by atoms with E-state index in [-0.39, 0.29) is 28.4 Å². The number of carbonyl (C=O) groups is 1. The summed E-state index contributed by atoms with van der Waals surface area (Å²) in [5.74, 6) is -0.596. The van der Waals surface area contributed by atoms with Gasteiger partial charge in [-0.05, 0) is 30.3 Å². The number of imidazole rings is 1. The number of benzene rings is 1. The van der Waals surface area contributed by atoms with Crippen LogP contribution in [0.15, 0.2) is 55.1 Å². The van der Waals surface area contributed by atoms with Crippen LogP contribution >= 0.6 is 27.2 Å². The first-order chi connectivity index (χ1) is 24.0. The number of aromatic nitrogens is 5. The van der Waals surface area contributed by atoms with E-state index in [2.05, 4.69) is 23.8 Å². The van der Waals surface area contributed by atoms with Crippen molar-refractivity contribution in [1.82, 2.24) is 19.5 Å². The van der Waals surface area contributed by atoms with Gasteiger partial charge in [0.1, 0.15) is 48.2 Å². The number of phosphoric ester groups is 2. The van der Waals surface area contributed by atoms with Crippen LogP contribution in [0.25, 0.3) is 22.6 Å². The molecule has 0 bridgehead atoms. The van der Waals surface area contributed by atoms with Crippen LogP contribution in [-0.4, -0.2) is 101 Å². The number of anilines is 1. The highest BCUT2D eigenvalue weighted by atomic mass is 35.5. The Morgan fingerprint density at radius 3 is 2.37 bits per heavy atom. The molecular weight excluding hydrogens is 744 g/mol. The third kappa shape index (κ3) is 7.82.